The summed E-state index contributed by atoms with van der Waals surface area (Å²) in [5, 5.41) is 6.72. The van der Waals surface area contributed by atoms with Crippen molar-refractivity contribution >= 4 is 5.96 Å². The largest absolute Gasteiger partial charge is 0.376 e. The molecule has 5 nitrogen and oxygen atoms in total. The molecule has 0 aromatic carbocycles. The lowest BCUT2D eigenvalue weighted by Gasteiger charge is -2.20. The van der Waals surface area contributed by atoms with E-state index in [4.69, 9.17) is 4.74 Å². The van der Waals surface area contributed by atoms with Gasteiger partial charge in [0.05, 0.1) is 12.7 Å². The normalized spacial score (nSPS) is 17.1. The zero-order valence-corrected chi connectivity index (χ0v) is 17.1. The Morgan fingerprint density at radius 2 is 1.84 bits per heavy atom. The van der Waals surface area contributed by atoms with E-state index in [0.29, 0.717) is 12.1 Å². The Morgan fingerprint density at radius 3 is 2.48 bits per heavy atom. The van der Waals surface area contributed by atoms with Gasteiger partial charge >= 0.3 is 0 Å². The van der Waals surface area contributed by atoms with E-state index in [0.717, 1.165) is 45.2 Å². The van der Waals surface area contributed by atoms with Gasteiger partial charge in [-0.2, -0.15) is 0 Å². The van der Waals surface area contributed by atoms with Crippen molar-refractivity contribution in [2.24, 2.45) is 4.99 Å². The molecule has 0 bridgehead atoms. The molecule has 1 fully saturated rings. The molecule has 0 unspecified atom stereocenters. The topological polar surface area (TPSA) is 48.9 Å². The quantitative estimate of drug-likeness (QED) is 0.258. The fourth-order valence-electron chi connectivity index (χ4n) is 3.07. The number of guanidine groups is 1. The Hall–Kier alpha value is -0.810. The Balaban J connectivity index is 2.15. The lowest BCUT2D eigenvalue weighted by Crippen LogP contribution is -2.39. The van der Waals surface area contributed by atoms with Gasteiger partial charge in [0.15, 0.2) is 5.96 Å². The summed E-state index contributed by atoms with van der Waals surface area (Å²) in [4.78, 5) is 7.06. The average Bonchev–Trinajstić information content (AvgIpc) is 2.86. The molecule has 1 aliphatic carbocycles. The number of unbranched alkanes of at least 4 members (excludes halogenated alkanes) is 1. The first kappa shape index (κ1) is 22.2. The molecule has 0 atom stereocenters. The van der Waals surface area contributed by atoms with Gasteiger partial charge in [-0.1, -0.05) is 25.7 Å². The number of nitrogens with one attached hydrogen (secondary N) is 2. The predicted octanol–water partition coefficient (Wildman–Crippen LogP) is 3.40. The van der Waals surface area contributed by atoms with Crippen LogP contribution in [-0.2, 0) is 4.74 Å². The Bertz CT molecular complexity index is 339. The van der Waals surface area contributed by atoms with Crippen LogP contribution in [0.2, 0.25) is 0 Å². The highest BCUT2D eigenvalue weighted by atomic mass is 16.5. The van der Waals surface area contributed by atoms with Crippen molar-refractivity contribution in [3.8, 4) is 0 Å². The number of hydrogen-bond donors (Lipinski definition) is 2. The Kier molecular flexibility index (Phi) is 12.8. The first-order valence-corrected chi connectivity index (χ1v) is 10.5. The van der Waals surface area contributed by atoms with Crippen molar-refractivity contribution in [3.63, 3.8) is 0 Å². The highest BCUT2D eigenvalue weighted by Crippen LogP contribution is 2.19. The molecule has 0 saturated heterocycles. The van der Waals surface area contributed by atoms with E-state index in [9.17, 15) is 0 Å². The summed E-state index contributed by atoms with van der Waals surface area (Å²) in [7, 11) is 2.19. The lowest BCUT2D eigenvalue weighted by molar-refractivity contribution is 0.0468. The number of aliphatic imine (C=N–C) groups is 1. The van der Waals surface area contributed by atoms with Crippen LogP contribution in [-0.4, -0.2) is 62.8 Å². The molecule has 1 rings (SSSR count). The van der Waals surface area contributed by atoms with Gasteiger partial charge < -0.3 is 20.3 Å². The zero-order chi connectivity index (χ0) is 18.3. The Morgan fingerprint density at radius 1 is 1.12 bits per heavy atom. The third kappa shape index (κ3) is 11.4. The van der Waals surface area contributed by atoms with Gasteiger partial charge in [-0.15, -0.1) is 0 Å². The number of hydrogen-bond acceptors (Lipinski definition) is 3. The van der Waals surface area contributed by atoms with E-state index < -0.39 is 0 Å². The summed E-state index contributed by atoms with van der Waals surface area (Å²) in [6, 6.07) is 0.621. The van der Waals surface area contributed by atoms with Crippen molar-refractivity contribution < 1.29 is 4.74 Å². The SMILES string of the molecule is CCNC(=NCCCCN(C)C(C)C)NCCOC1CCCCCC1. The third-order valence-corrected chi connectivity index (χ3v) is 4.96. The second-order valence-corrected chi connectivity index (χ2v) is 7.45. The molecule has 0 aromatic rings. The molecule has 1 saturated carbocycles. The van der Waals surface area contributed by atoms with Gasteiger partial charge in [0, 0.05) is 25.7 Å². The van der Waals surface area contributed by atoms with Crippen LogP contribution in [0.15, 0.2) is 4.99 Å². The summed E-state index contributed by atoms with van der Waals surface area (Å²) in [6.45, 7) is 11.1. The van der Waals surface area contributed by atoms with E-state index in [-0.39, 0.29) is 0 Å². The molecular formula is C20H42N4O. The fourth-order valence-corrected chi connectivity index (χ4v) is 3.07. The van der Waals surface area contributed by atoms with E-state index in [1.54, 1.807) is 0 Å². The standard InChI is InChI=1S/C20H42N4O/c1-5-21-20(22-14-10-11-16-24(4)18(2)3)23-15-17-25-19-12-8-6-7-9-13-19/h18-19H,5-17H2,1-4H3,(H2,21,22,23). The smallest absolute Gasteiger partial charge is 0.191 e. The van der Waals surface area contributed by atoms with Crippen molar-refractivity contribution in [1.29, 1.82) is 0 Å². The first-order valence-electron chi connectivity index (χ1n) is 10.5. The maximum Gasteiger partial charge on any atom is 0.191 e. The van der Waals surface area contributed by atoms with Crippen molar-refractivity contribution in [2.75, 3.05) is 39.8 Å². The van der Waals surface area contributed by atoms with Gasteiger partial charge in [0.2, 0.25) is 0 Å². The van der Waals surface area contributed by atoms with Gasteiger partial charge in [-0.3, -0.25) is 4.99 Å². The minimum Gasteiger partial charge on any atom is -0.376 e. The molecule has 2 N–H and O–H groups in total. The lowest BCUT2D eigenvalue weighted by atomic mass is 10.1. The second-order valence-electron chi connectivity index (χ2n) is 7.45. The minimum atomic E-state index is 0.474. The summed E-state index contributed by atoms with van der Waals surface area (Å²) >= 11 is 0. The van der Waals surface area contributed by atoms with Crippen LogP contribution < -0.4 is 10.6 Å². The molecule has 0 heterocycles. The number of rotatable bonds is 11. The minimum absolute atomic E-state index is 0.474. The molecule has 1 aliphatic rings. The van der Waals surface area contributed by atoms with Crippen LogP contribution in [0, 0.1) is 0 Å². The molecule has 0 spiro atoms. The van der Waals surface area contributed by atoms with E-state index in [1.165, 1.54) is 44.9 Å². The maximum absolute atomic E-state index is 6.03. The summed E-state index contributed by atoms with van der Waals surface area (Å²) in [5.74, 6) is 0.921. The maximum atomic E-state index is 6.03. The summed E-state index contributed by atoms with van der Waals surface area (Å²) in [6.07, 6.45) is 10.7. The number of nitrogens with zero attached hydrogens (tertiary/aromatic N) is 2. The molecular weight excluding hydrogens is 312 g/mol. The van der Waals surface area contributed by atoms with Gasteiger partial charge in [-0.05, 0) is 60.0 Å². The van der Waals surface area contributed by atoms with Gasteiger partial charge in [0.25, 0.3) is 0 Å². The van der Waals surface area contributed by atoms with E-state index in [2.05, 4.69) is 48.3 Å². The molecule has 0 radical (unpaired) electrons. The predicted molar refractivity (Wildman–Crippen MR) is 108 cm³/mol. The molecule has 148 valence electrons. The van der Waals surface area contributed by atoms with Crippen LogP contribution in [0.1, 0.15) is 72.1 Å². The molecule has 5 heteroatoms. The second kappa shape index (κ2) is 14.4. The molecule has 0 aliphatic heterocycles. The van der Waals surface area contributed by atoms with Crippen LogP contribution >= 0.6 is 0 Å². The highest BCUT2D eigenvalue weighted by Gasteiger charge is 2.12. The van der Waals surface area contributed by atoms with Crippen LogP contribution in [0.5, 0.6) is 0 Å². The van der Waals surface area contributed by atoms with Crippen LogP contribution in [0.25, 0.3) is 0 Å². The van der Waals surface area contributed by atoms with Crippen LogP contribution in [0.4, 0.5) is 0 Å². The van der Waals surface area contributed by atoms with Gasteiger partial charge in [-0.25, -0.2) is 0 Å². The van der Waals surface area contributed by atoms with E-state index in [1.807, 2.05) is 0 Å². The molecule has 25 heavy (non-hydrogen) atoms. The highest BCUT2D eigenvalue weighted by molar-refractivity contribution is 5.79. The monoisotopic (exact) mass is 354 g/mol. The first-order chi connectivity index (χ1) is 12.1. The van der Waals surface area contributed by atoms with Crippen molar-refractivity contribution in [1.82, 2.24) is 15.5 Å². The van der Waals surface area contributed by atoms with Gasteiger partial charge in [0.1, 0.15) is 0 Å². The average molecular weight is 355 g/mol. The Labute approximate surface area is 156 Å². The summed E-state index contributed by atoms with van der Waals surface area (Å²) in [5.41, 5.74) is 0. The molecule has 0 aromatic heterocycles. The fraction of sp³-hybridized carbons (Fsp3) is 0.950. The van der Waals surface area contributed by atoms with Crippen molar-refractivity contribution in [3.05, 3.63) is 0 Å². The van der Waals surface area contributed by atoms with Crippen LogP contribution in [0.3, 0.4) is 0 Å². The van der Waals surface area contributed by atoms with Crippen molar-refractivity contribution in [2.45, 2.75) is 84.3 Å². The summed E-state index contributed by atoms with van der Waals surface area (Å²) < 4.78 is 6.03. The molecule has 0 amide bonds. The number of ether oxygens (including phenoxy) is 1. The van der Waals surface area contributed by atoms with E-state index >= 15 is 0 Å². The zero-order valence-electron chi connectivity index (χ0n) is 17.1. The third-order valence-electron chi connectivity index (χ3n) is 4.96.